The molecular weight excluding hydrogens is 332 g/mol. The number of ether oxygens (including phenoxy) is 2. The average molecular weight is 352 g/mol. The summed E-state index contributed by atoms with van der Waals surface area (Å²) < 4.78 is 10.1. The number of amides is 1. The van der Waals surface area contributed by atoms with E-state index < -0.39 is 18.2 Å². The van der Waals surface area contributed by atoms with Crippen molar-refractivity contribution in [3.63, 3.8) is 0 Å². The Morgan fingerprint density at radius 1 is 1.08 bits per heavy atom. The molecule has 0 aliphatic rings. The monoisotopic (exact) mass is 352 g/mol. The first kappa shape index (κ1) is 17.5. The number of hydrogen-bond acceptors (Lipinski definition) is 4. The van der Waals surface area contributed by atoms with Crippen molar-refractivity contribution in [2.24, 2.45) is 0 Å². The van der Waals surface area contributed by atoms with Crippen LogP contribution in [0.5, 0.6) is 0 Å². The molecule has 0 radical (unpaired) electrons. The predicted octanol–water partition coefficient (Wildman–Crippen LogP) is 3.70. The maximum atomic E-state index is 12.7. The summed E-state index contributed by atoms with van der Waals surface area (Å²) in [5, 5.41) is 3.63. The van der Waals surface area contributed by atoms with Crippen molar-refractivity contribution < 1.29 is 19.1 Å². The van der Waals surface area contributed by atoms with Crippen molar-refractivity contribution in [3.8, 4) is 0 Å². The predicted molar refractivity (Wildman–Crippen MR) is 97.4 cm³/mol. The second kappa shape index (κ2) is 8.20. The maximum Gasteiger partial charge on any atom is 0.509 e. The van der Waals surface area contributed by atoms with Gasteiger partial charge in [0.15, 0.2) is 0 Å². The van der Waals surface area contributed by atoms with Crippen LogP contribution in [0.3, 0.4) is 0 Å². The second-order valence-electron chi connectivity index (χ2n) is 5.67. The summed E-state index contributed by atoms with van der Waals surface area (Å²) in [5.74, 6) is -0.411. The van der Waals surface area contributed by atoms with E-state index in [1.807, 2.05) is 54.6 Å². The Morgan fingerprint density at radius 2 is 1.81 bits per heavy atom. The van der Waals surface area contributed by atoms with Crippen LogP contribution in [0.4, 0.5) is 4.79 Å². The second-order valence-corrected chi connectivity index (χ2v) is 5.67. The van der Waals surface area contributed by atoms with Crippen molar-refractivity contribution in [2.45, 2.75) is 19.6 Å². The molecule has 0 aliphatic heterocycles. The minimum absolute atomic E-state index is 0.172. The number of carbonyl (C=O) groups is 2. The molecule has 2 aromatic carbocycles. The lowest BCUT2D eigenvalue weighted by molar-refractivity contribution is -0.131. The lowest BCUT2D eigenvalue weighted by Gasteiger charge is -2.17. The van der Waals surface area contributed by atoms with Gasteiger partial charge < -0.3 is 19.8 Å². The molecule has 0 bridgehead atoms. The molecule has 0 saturated carbocycles. The van der Waals surface area contributed by atoms with Crippen LogP contribution in [0.15, 0.2) is 60.8 Å². The summed E-state index contributed by atoms with van der Waals surface area (Å²) in [5.41, 5.74) is 2.39. The zero-order valence-electron chi connectivity index (χ0n) is 14.4. The van der Waals surface area contributed by atoms with Gasteiger partial charge in [0.1, 0.15) is 0 Å². The molecular formula is C20H20N2O4. The van der Waals surface area contributed by atoms with E-state index in [0.717, 1.165) is 16.5 Å². The molecule has 0 aliphatic carbocycles. The summed E-state index contributed by atoms with van der Waals surface area (Å²) in [7, 11) is 0. The third kappa shape index (κ3) is 4.03. The van der Waals surface area contributed by atoms with E-state index in [1.165, 1.54) is 0 Å². The summed E-state index contributed by atoms with van der Waals surface area (Å²) in [4.78, 5) is 27.7. The Labute approximate surface area is 151 Å². The quantitative estimate of drug-likeness (QED) is 0.663. The molecule has 1 heterocycles. The van der Waals surface area contributed by atoms with Gasteiger partial charge in [0, 0.05) is 29.2 Å². The Kier molecular flexibility index (Phi) is 5.53. The van der Waals surface area contributed by atoms with E-state index >= 15 is 0 Å². The van der Waals surface area contributed by atoms with Crippen LogP contribution in [0.25, 0.3) is 10.9 Å². The van der Waals surface area contributed by atoms with E-state index in [4.69, 9.17) is 9.47 Å². The van der Waals surface area contributed by atoms with Crippen LogP contribution in [0, 0.1) is 0 Å². The van der Waals surface area contributed by atoms with Gasteiger partial charge >= 0.3 is 6.16 Å². The highest BCUT2D eigenvalue weighted by atomic mass is 16.7. The average Bonchev–Trinajstić information content (AvgIpc) is 3.09. The molecule has 2 N–H and O–H groups in total. The number of H-pyrrole nitrogens is 1. The number of carbonyl (C=O) groups excluding carboxylic acids is 2. The van der Waals surface area contributed by atoms with Crippen molar-refractivity contribution in [1.82, 2.24) is 10.3 Å². The van der Waals surface area contributed by atoms with E-state index in [1.54, 1.807) is 13.1 Å². The van der Waals surface area contributed by atoms with E-state index in [9.17, 15) is 9.59 Å². The van der Waals surface area contributed by atoms with Crippen LogP contribution in [-0.4, -0.2) is 23.7 Å². The van der Waals surface area contributed by atoms with Gasteiger partial charge in [0.25, 0.3) is 5.91 Å². The van der Waals surface area contributed by atoms with Gasteiger partial charge in [-0.2, -0.15) is 0 Å². The Morgan fingerprint density at radius 3 is 2.58 bits per heavy atom. The Hall–Kier alpha value is -3.28. The minimum atomic E-state index is -1.10. The molecule has 0 fully saturated rings. The first-order valence-electron chi connectivity index (χ1n) is 8.40. The topological polar surface area (TPSA) is 80.4 Å². The van der Waals surface area contributed by atoms with Crippen LogP contribution in [-0.2, 0) is 20.8 Å². The third-order valence-corrected chi connectivity index (χ3v) is 3.93. The third-order valence-electron chi connectivity index (χ3n) is 3.93. The lowest BCUT2D eigenvalue weighted by atomic mass is 10.1. The number of aromatic nitrogens is 1. The van der Waals surface area contributed by atoms with Crippen molar-refractivity contribution in [3.05, 3.63) is 71.9 Å². The first-order chi connectivity index (χ1) is 12.7. The van der Waals surface area contributed by atoms with Gasteiger partial charge in [-0.1, -0.05) is 48.5 Å². The summed E-state index contributed by atoms with van der Waals surface area (Å²) in [6, 6.07) is 17.0. The lowest BCUT2D eigenvalue weighted by Crippen LogP contribution is -2.32. The summed E-state index contributed by atoms with van der Waals surface area (Å²) in [6.07, 6.45) is -0.303. The van der Waals surface area contributed by atoms with Gasteiger partial charge in [0.05, 0.1) is 6.61 Å². The largest absolute Gasteiger partial charge is 0.509 e. The van der Waals surface area contributed by atoms with Crippen LogP contribution in [0.2, 0.25) is 0 Å². The number of nitrogens with one attached hydrogen (secondary N) is 2. The smallest absolute Gasteiger partial charge is 0.435 e. The van der Waals surface area contributed by atoms with Crippen molar-refractivity contribution in [2.75, 3.05) is 6.61 Å². The van der Waals surface area contributed by atoms with Crippen LogP contribution < -0.4 is 5.32 Å². The maximum absolute atomic E-state index is 12.7. The SMILES string of the molecule is CCOC(=O)OC(C(=O)NCc1ccccc1)c1c[nH]c2ccccc12. The molecule has 1 atom stereocenters. The van der Waals surface area contributed by atoms with Crippen molar-refractivity contribution >= 4 is 23.0 Å². The number of hydrogen-bond donors (Lipinski definition) is 2. The van der Waals surface area contributed by atoms with Crippen molar-refractivity contribution in [1.29, 1.82) is 0 Å². The number of benzene rings is 2. The highest BCUT2D eigenvalue weighted by molar-refractivity contribution is 5.92. The van der Waals surface area contributed by atoms with Crippen LogP contribution >= 0.6 is 0 Å². The number of fused-ring (bicyclic) bond motifs is 1. The Bertz CT molecular complexity index is 889. The van der Waals surface area contributed by atoms with Gasteiger partial charge in [-0.3, -0.25) is 4.79 Å². The fourth-order valence-corrected chi connectivity index (χ4v) is 2.69. The first-order valence-corrected chi connectivity index (χ1v) is 8.40. The van der Waals surface area contributed by atoms with E-state index in [0.29, 0.717) is 12.1 Å². The molecule has 1 aromatic heterocycles. The van der Waals surface area contributed by atoms with E-state index in [-0.39, 0.29) is 6.61 Å². The fraction of sp³-hybridized carbons (Fsp3) is 0.200. The molecule has 1 amide bonds. The highest BCUT2D eigenvalue weighted by Gasteiger charge is 2.28. The van der Waals surface area contributed by atoms with Gasteiger partial charge in [-0.05, 0) is 18.6 Å². The Balaban J connectivity index is 1.83. The minimum Gasteiger partial charge on any atom is -0.435 e. The number of para-hydroxylation sites is 1. The van der Waals surface area contributed by atoms with Gasteiger partial charge in [0.2, 0.25) is 6.10 Å². The standard InChI is InChI=1S/C20H20N2O4/c1-2-25-20(24)26-18(16-13-21-17-11-7-6-10-15(16)17)19(23)22-12-14-8-4-3-5-9-14/h3-11,13,18,21H,2,12H2,1H3,(H,22,23). The summed E-state index contributed by atoms with van der Waals surface area (Å²) in [6.45, 7) is 2.19. The zero-order valence-corrected chi connectivity index (χ0v) is 14.4. The molecule has 0 saturated heterocycles. The molecule has 26 heavy (non-hydrogen) atoms. The van der Waals surface area contributed by atoms with E-state index in [2.05, 4.69) is 10.3 Å². The highest BCUT2D eigenvalue weighted by Crippen LogP contribution is 2.27. The fourth-order valence-electron chi connectivity index (χ4n) is 2.69. The number of rotatable bonds is 6. The molecule has 134 valence electrons. The summed E-state index contributed by atoms with van der Waals surface area (Å²) >= 11 is 0. The molecule has 6 heteroatoms. The normalized spacial score (nSPS) is 11.7. The molecule has 3 aromatic rings. The van der Waals surface area contributed by atoms with Gasteiger partial charge in [-0.15, -0.1) is 0 Å². The van der Waals surface area contributed by atoms with Gasteiger partial charge in [-0.25, -0.2) is 4.79 Å². The number of aromatic amines is 1. The molecule has 3 rings (SSSR count). The molecule has 1 unspecified atom stereocenters. The molecule has 0 spiro atoms. The molecule has 6 nitrogen and oxygen atoms in total. The zero-order chi connectivity index (χ0) is 18.4. The van der Waals surface area contributed by atoms with Crippen LogP contribution in [0.1, 0.15) is 24.2 Å².